The van der Waals surface area contributed by atoms with Crippen LogP contribution in [0.2, 0.25) is 0 Å². The van der Waals surface area contributed by atoms with Crippen molar-refractivity contribution in [3.05, 3.63) is 11.8 Å². The summed E-state index contributed by atoms with van der Waals surface area (Å²) in [6, 6.07) is -0.515. The molecule has 0 radical (unpaired) electrons. The van der Waals surface area contributed by atoms with Crippen LogP contribution in [0.3, 0.4) is 0 Å². The van der Waals surface area contributed by atoms with E-state index >= 15 is 0 Å². The van der Waals surface area contributed by atoms with Crippen LogP contribution in [0.25, 0.3) is 0 Å². The maximum atomic E-state index is 12.4. The Hall–Kier alpha value is -0.880. The minimum absolute atomic E-state index is 0.477. The molecule has 7 heteroatoms. The molecule has 0 atom stereocenters. The monoisotopic (exact) mass is 261 g/mol. The maximum Gasteiger partial charge on any atom is 0.430 e. The topological polar surface area (TPSA) is 12.0 Å². The maximum absolute atomic E-state index is 12.4. The highest BCUT2D eigenvalue weighted by molar-refractivity contribution is 5.11. The van der Waals surface area contributed by atoms with Gasteiger partial charge in [-0.05, 0) is 12.8 Å². The van der Waals surface area contributed by atoms with E-state index in [0.717, 1.165) is 19.3 Å². The fourth-order valence-corrected chi connectivity index (χ4v) is 1.84. The molecule has 0 unspecified atom stereocenters. The molecule has 0 spiro atoms. The Morgan fingerprint density at radius 2 is 1.47 bits per heavy atom. The smallest absolute Gasteiger partial charge is 0.378 e. The van der Waals surface area contributed by atoms with Crippen LogP contribution < -0.4 is 5.32 Å². The lowest BCUT2D eigenvalue weighted by atomic mass is 9.95. The molecule has 0 aromatic rings. The molecule has 0 aromatic carbocycles. The molecule has 1 nitrogen and oxygen atoms in total. The van der Waals surface area contributed by atoms with Crippen LogP contribution in [0.1, 0.15) is 32.1 Å². The lowest BCUT2D eigenvalue weighted by Crippen LogP contribution is -2.37. The summed E-state index contributed by atoms with van der Waals surface area (Å²) in [4.78, 5) is 0. The molecular weight excluding hydrogens is 248 g/mol. The van der Waals surface area contributed by atoms with Gasteiger partial charge < -0.3 is 5.32 Å². The number of hydrogen-bond acceptors (Lipinski definition) is 1. The van der Waals surface area contributed by atoms with E-state index in [4.69, 9.17) is 0 Å². The van der Waals surface area contributed by atoms with Crippen LogP contribution in [-0.4, -0.2) is 18.4 Å². The zero-order valence-electron chi connectivity index (χ0n) is 8.96. The van der Waals surface area contributed by atoms with Gasteiger partial charge in [-0.15, -0.1) is 0 Å². The lowest BCUT2D eigenvalue weighted by molar-refractivity contribution is -0.112. The SMILES string of the molecule is FC(F)(F)C=C(NC1CCCCC1)C(F)(F)F. The molecule has 1 saturated carbocycles. The molecule has 1 fully saturated rings. The van der Waals surface area contributed by atoms with Crippen molar-refractivity contribution in [1.29, 1.82) is 0 Å². The predicted molar refractivity (Wildman–Crippen MR) is 50.2 cm³/mol. The third kappa shape index (κ3) is 5.32. The van der Waals surface area contributed by atoms with E-state index in [-0.39, 0.29) is 0 Å². The molecule has 0 heterocycles. The summed E-state index contributed by atoms with van der Waals surface area (Å²) in [7, 11) is 0. The largest absolute Gasteiger partial charge is 0.430 e. The van der Waals surface area contributed by atoms with E-state index in [1.165, 1.54) is 0 Å². The van der Waals surface area contributed by atoms with Crippen LogP contribution in [-0.2, 0) is 0 Å². The quantitative estimate of drug-likeness (QED) is 0.743. The lowest BCUT2D eigenvalue weighted by Gasteiger charge is -2.26. The Kier molecular flexibility index (Phi) is 4.32. The van der Waals surface area contributed by atoms with Crippen molar-refractivity contribution in [2.75, 3.05) is 0 Å². The van der Waals surface area contributed by atoms with E-state index in [1.807, 2.05) is 5.32 Å². The first-order chi connectivity index (χ1) is 7.68. The number of allylic oxidation sites excluding steroid dienone is 2. The second-order valence-electron chi connectivity index (χ2n) is 4.08. The normalized spacial score (nSPS) is 20.5. The van der Waals surface area contributed by atoms with Crippen LogP contribution in [0.5, 0.6) is 0 Å². The molecule has 17 heavy (non-hydrogen) atoms. The van der Waals surface area contributed by atoms with Crippen LogP contribution in [0, 0.1) is 0 Å². The molecule has 1 aliphatic carbocycles. The van der Waals surface area contributed by atoms with Crippen LogP contribution in [0.4, 0.5) is 26.3 Å². The van der Waals surface area contributed by atoms with Crippen molar-refractivity contribution in [3.8, 4) is 0 Å². The minimum Gasteiger partial charge on any atom is -0.378 e. The Morgan fingerprint density at radius 1 is 0.941 bits per heavy atom. The summed E-state index contributed by atoms with van der Waals surface area (Å²) >= 11 is 0. The average molecular weight is 261 g/mol. The van der Waals surface area contributed by atoms with Gasteiger partial charge in [0.15, 0.2) is 0 Å². The first kappa shape index (κ1) is 14.2. The number of alkyl halides is 6. The molecule has 0 aromatic heterocycles. The van der Waals surface area contributed by atoms with E-state index in [2.05, 4.69) is 0 Å². The van der Waals surface area contributed by atoms with Crippen LogP contribution >= 0.6 is 0 Å². The highest BCUT2D eigenvalue weighted by atomic mass is 19.4. The van der Waals surface area contributed by atoms with E-state index in [0.29, 0.717) is 12.8 Å². The first-order valence-electron chi connectivity index (χ1n) is 5.32. The van der Waals surface area contributed by atoms with Gasteiger partial charge in [0.05, 0.1) is 0 Å². The van der Waals surface area contributed by atoms with Gasteiger partial charge in [-0.1, -0.05) is 19.3 Å². The van der Waals surface area contributed by atoms with Gasteiger partial charge in [0.2, 0.25) is 0 Å². The van der Waals surface area contributed by atoms with Gasteiger partial charge in [-0.25, -0.2) is 0 Å². The molecule has 0 aliphatic heterocycles. The highest BCUT2D eigenvalue weighted by Gasteiger charge is 2.39. The van der Waals surface area contributed by atoms with Gasteiger partial charge in [0.1, 0.15) is 5.70 Å². The third-order valence-electron chi connectivity index (χ3n) is 2.58. The van der Waals surface area contributed by atoms with Gasteiger partial charge in [-0.2, -0.15) is 26.3 Å². The standard InChI is InChI=1S/C10H13F6N/c11-9(12,13)6-8(10(14,15)16)17-7-4-2-1-3-5-7/h6-7,17H,1-5H2. The molecule has 100 valence electrons. The van der Waals surface area contributed by atoms with Gasteiger partial charge in [0.25, 0.3) is 0 Å². The molecule has 1 rings (SSSR count). The third-order valence-corrected chi connectivity index (χ3v) is 2.58. The summed E-state index contributed by atoms with van der Waals surface area (Å²) in [5.41, 5.74) is -1.70. The zero-order valence-corrected chi connectivity index (χ0v) is 8.96. The summed E-state index contributed by atoms with van der Waals surface area (Å²) < 4.78 is 73.0. The number of halogens is 6. The van der Waals surface area contributed by atoms with Crippen molar-refractivity contribution in [1.82, 2.24) is 5.32 Å². The Morgan fingerprint density at radius 3 is 1.88 bits per heavy atom. The molecule has 0 bridgehead atoms. The fraction of sp³-hybridized carbons (Fsp3) is 0.800. The average Bonchev–Trinajstić information content (AvgIpc) is 2.15. The number of hydrogen-bond donors (Lipinski definition) is 1. The predicted octanol–water partition coefficient (Wildman–Crippen LogP) is 3.92. The summed E-state index contributed by atoms with van der Waals surface area (Å²) in [5, 5.41) is 1.97. The molecule has 1 N–H and O–H groups in total. The van der Waals surface area contributed by atoms with Gasteiger partial charge in [0, 0.05) is 12.1 Å². The first-order valence-corrected chi connectivity index (χ1v) is 5.32. The second-order valence-corrected chi connectivity index (χ2v) is 4.08. The Labute approximate surface area is 94.9 Å². The number of nitrogens with one attached hydrogen (secondary N) is 1. The van der Waals surface area contributed by atoms with Gasteiger partial charge >= 0.3 is 12.4 Å². The summed E-state index contributed by atoms with van der Waals surface area (Å²) in [6.45, 7) is 0. The molecule has 1 aliphatic rings. The van der Waals surface area contributed by atoms with E-state index < -0.39 is 30.2 Å². The van der Waals surface area contributed by atoms with Crippen molar-refractivity contribution >= 4 is 0 Å². The molecule has 0 saturated heterocycles. The summed E-state index contributed by atoms with van der Waals surface area (Å²) in [6.07, 6.45) is -7.30. The molecule has 0 amide bonds. The summed E-state index contributed by atoms with van der Waals surface area (Å²) in [5.74, 6) is 0. The second kappa shape index (κ2) is 5.18. The zero-order chi connectivity index (χ0) is 13.1. The van der Waals surface area contributed by atoms with Crippen molar-refractivity contribution in [3.63, 3.8) is 0 Å². The minimum atomic E-state index is -4.99. The Balaban J connectivity index is 2.74. The molecular formula is C10H13F6N. The van der Waals surface area contributed by atoms with Gasteiger partial charge in [-0.3, -0.25) is 0 Å². The van der Waals surface area contributed by atoms with E-state index in [1.54, 1.807) is 0 Å². The van der Waals surface area contributed by atoms with Crippen molar-refractivity contribution in [2.24, 2.45) is 0 Å². The van der Waals surface area contributed by atoms with E-state index in [9.17, 15) is 26.3 Å². The van der Waals surface area contributed by atoms with Crippen molar-refractivity contribution < 1.29 is 26.3 Å². The fourth-order valence-electron chi connectivity index (χ4n) is 1.84. The number of rotatable bonds is 2. The van der Waals surface area contributed by atoms with Crippen molar-refractivity contribution in [2.45, 2.75) is 50.5 Å². The Bertz CT molecular complexity index is 272. The highest BCUT2D eigenvalue weighted by Crippen LogP contribution is 2.30. The van der Waals surface area contributed by atoms with Crippen LogP contribution in [0.15, 0.2) is 11.8 Å².